The van der Waals surface area contributed by atoms with Crippen LogP contribution < -0.4 is 20.3 Å². The van der Waals surface area contributed by atoms with Gasteiger partial charge in [0, 0.05) is 23.2 Å². The van der Waals surface area contributed by atoms with E-state index in [9.17, 15) is 0 Å². The molecule has 0 aliphatic carbocycles. The molecule has 0 amide bonds. The van der Waals surface area contributed by atoms with E-state index in [1.165, 1.54) is 5.56 Å². The number of para-hydroxylation sites is 1. The van der Waals surface area contributed by atoms with Crippen molar-refractivity contribution in [3.63, 3.8) is 0 Å². The van der Waals surface area contributed by atoms with Crippen molar-refractivity contribution in [2.75, 3.05) is 18.5 Å². The van der Waals surface area contributed by atoms with Gasteiger partial charge < -0.3 is 9.64 Å². The average molecular weight is 338 g/mol. The Morgan fingerprint density at radius 2 is 2.05 bits per heavy atom. The molecule has 2 heterocycles. The second-order valence-electron chi connectivity index (χ2n) is 5.27. The Morgan fingerprint density at radius 3 is 2.86 bits per heavy atom. The van der Waals surface area contributed by atoms with Crippen LogP contribution in [0.4, 0.5) is 5.69 Å². The van der Waals surface area contributed by atoms with Crippen LogP contribution in [-0.2, 0) is 0 Å². The third kappa shape index (κ3) is 2.32. The highest BCUT2D eigenvalue weighted by Crippen LogP contribution is 2.46. The maximum absolute atomic E-state index is 6.14. The third-order valence-corrected chi connectivity index (χ3v) is 4.32. The molecule has 0 bridgehead atoms. The van der Waals surface area contributed by atoms with E-state index in [0.29, 0.717) is 5.02 Å². The predicted molar refractivity (Wildman–Crippen MR) is 91.3 cm³/mol. The summed E-state index contributed by atoms with van der Waals surface area (Å²) in [5, 5.41) is 7.48. The fourth-order valence-electron chi connectivity index (χ4n) is 3.16. The van der Waals surface area contributed by atoms with E-state index in [1.54, 1.807) is 0 Å². The Balaban J connectivity index is 0.00000144. The van der Waals surface area contributed by atoms with Crippen LogP contribution in [0.5, 0.6) is 11.5 Å². The van der Waals surface area contributed by atoms with Crippen molar-refractivity contribution in [3.05, 3.63) is 53.1 Å². The number of benzene rings is 2. The number of ether oxygens (including phenoxy) is 1. The first-order valence-electron chi connectivity index (χ1n) is 7.03. The summed E-state index contributed by atoms with van der Waals surface area (Å²) < 4.78 is 6.13. The summed E-state index contributed by atoms with van der Waals surface area (Å²) in [4.78, 5) is 2.32. The number of nitrogens with zero attached hydrogens (tertiary/aromatic N) is 1. The zero-order valence-electron chi connectivity index (χ0n) is 12.0. The quantitative estimate of drug-likeness (QED) is 0.834. The molecule has 6 heteroatoms. The Morgan fingerprint density at radius 1 is 1.23 bits per heavy atom. The molecule has 2 unspecified atom stereocenters. The molecule has 2 atom stereocenters. The molecular weight excluding hydrogens is 321 g/mol. The lowest BCUT2D eigenvalue weighted by atomic mass is 10.1. The fourth-order valence-corrected chi connectivity index (χ4v) is 3.32. The predicted octanol–water partition coefficient (Wildman–Crippen LogP) is 3.52. The third-order valence-electron chi connectivity index (χ3n) is 4.09. The molecule has 2 aliphatic rings. The van der Waals surface area contributed by atoms with Gasteiger partial charge in [0.05, 0.1) is 11.7 Å². The lowest BCUT2D eigenvalue weighted by Crippen LogP contribution is -2.46. The Bertz CT molecular complexity index is 695. The van der Waals surface area contributed by atoms with Crippen molar-refractivity contribution in [1.82, 2.24) is 10.6 Å². The number of anilines is 1. The lowest BCUT2D eigenvalue weighted by Gasteiger charge is -2.30. The van der Waals surface area contributed by atoms with Gasteiger partial charge in [-0.1, -0.05) is 29.8 Å². The van der Waals surface area contributed by atoms with Gasteiger partial charge in [-0.15, -0.1) is 12.4 Å². The van der Waals surface area contributed by atoms with Gasteiger partial charge in [0.15, 0.2) is 5.75 Å². The van der Waals surface area contributed by atoms with E-state index in [1.807, 2.05) is 37.4 Å². The minimum atomic E-state index is 0. The number of halogens is 2. The van der Waals surface area contributed by atoms with E-state index < -0.39 is 0 Å². The molecule has 2 aromatic carbocycles. The van der Waals surface area contributed by atoms with E-state index >= 15 is 0 Å². The molecule has 2 aliphatic heterocycles. The zero-order valence-corrected chi connectivity index (χ0v) is 13.6. The van der Waals surface area contributed by atoms with Crippen molar-refractivity contribution >= 4 is 29.7 Å². The van der Waals surface area contributed by atoms with Crippen molar-refractivity contribution in [3.8, 4) is 11.5 Å². The number of hydrogen-bond donors (Lipinski definition) is 2. The van der Waals surface area contributed by atoms with E-state index in [-0.39, 0.29) is 24.7 Å². The van der Waals surface area contributed by atoms with Gasteiger partial charge >= 0.3 is 0 Å². The molecule has 1 saturated heterocycles. The summed E-state index contributed by atoms with van der Waals surface area (Å²) in [7, 11) is 1.95. The number of nitrogens with one attached hydrogen (secondary N) is 2. The molecule has 1 fully saturated rings. The highest BCUT2D eigenvalue weighted by molar-refractivity contribution is 6.30. The normalized spacial score (nSPS) is 21.8. The van der Waals surface area contributed by atoms with E-state index in [2.05, 4.69) is 27.7 Å². The molecule has 2 aromatic rings. The Kier molecular flexibility index (Phi) is 4.19. The van der Waals surface area contributed by atoms with Crippen LogP contribution in [0.1, 0.15) is 11.6 Å². The topological polar surface area (TPSA) is 36.5 Å². The maximum Gasteiger partial charge on any atom is 0.152 e. The highest BCUT2D eigenvalue weighted by atomic mass is 35.5. The zero-order chi connectivity index (χ0) is 14.4. The summed E-state index contributed by atoms with van der Waals surface area (Å²) in [6, 6.07) is 14.2. The van der Waals surface area contributed by atoms with E-state index in [0.717, 1.165) is 23.7 Å². The number of rotatable bonds is 1. The van der Waals surface area contributed by atoms with Crippen molar-refractivity contribution in [2.24, 2.45) is 0 Å². The van der Waals surface area contributed by atoms with Crippen molar-refractivity contribution < 1.29 is 4.74 Å². The summed E-state index contributed by atoms with van der Waals surface area (Å²) >= 11 is 6.14. The second kappa shape index (κ2) is 5.97. The Labute approximate surface area is 140 Å². The van der Waals surface area contributed by atoms with Gasteiger partial charge in [-0.25, -0.2) is 0 Å². The first-order valence-corrected chi connectivity index (χ1v) is 7.41. The molecule has 2 N–H and O–H groups in total. The van der Waals surface area contributed by atoms with Gasteiger partial charge in [-0.2, -0.15) is 0 Å². The van der Waals surface area contributed by atoms with Crippen LogP contribution >= 0.6 is 24.0 Å². The molecular formula is C16H17Cl2N3O. The number of fused-ring (bicyclic) bond motifs is 5. The first-order chi connectivity index (χ1) is 10.3. The van der Waals surface area contributed by atoms with Crippen molar-refractivity contribution in [2.45, 2.75) is 12.3 Å². The average Bonchev–Trinajstić information content (AvgIpc) is 2.86. The molecule has 22 heavy (non-hydrogen) atoms. The second-order valence-corrected chi connectivity index (χ2v) is 5.71. The molecule has 116 valence electrons. The van der Waals surface area contributed by atoms with Crippen LogP contribution in [0.3, 0.4) is 0 Å². The molecule has 0 aromatic heterocycles. The molecule has 0 radical (unpaired) electrons. The standard InChI is InChI=1S/C16H16ClN3O.ClH/c1-18-16-19-9-13-11-4-2-3-5-14(11)21-15-8-10(17)6-7-12(15)20(13)16;/h2-8,13,16,18-19H,9H2,1H3;1H. The van der Waals surface area contributed by atoms with Crippen LogP contribution in [0.2, 0.25) is 5.02 Å². The highest BCUT2D eigenvalue weighted by Gasteiger charge is 2.38. The first kappa shape index (κ1) is 15.4. The van der Waals surface area contributed by atoms with Crippen LogP contribution in [0, 0.1) is 0 Å². The SMILES string of the molecule is CNC1NCC2c3ccccc3Oc3cc(Cl)ccc3N12.Cl. The summed E-state index contributed by atoms with van der Waals surface area (Å²) in [5.41, 5.74) is 2.24. The number of hydrogen-bond acceptors (Lipinski definition) is 4. The van der Waals surface area contributed by atoms with Gasteiger partial charge in [0.25, 0.3) is 0 Å². The monoisotopic (exact) mass is 337 g/mol. The van der Waals surface area contributed by atoms with Gasteiger partial charge in [0.2, 0.25) is 0 Å². The van der Waals surface area contributed by atoms with Gasteiger partial charge in [-0.3, -0.25) is 10.6 Å². The smallest absolute Gasteiger partial charge is 0.152 e. The molecule has 4 rings (SSSR count). The van der Waals surface area contributed by atoms with Crippen LogP contribution in [0.15, 0.2) is 42.5 Å². The summed E-state index contributed by atoms with van der Waals surface area (Å²) in [5.74, 6) is 1.69. The fraction of sp³-hybridized carbons (Fsp3) is 0.250. The molecule has 0 spiro atoms. The molecule has 0 saturated carbocycles. The van der Waals surface area contributed by atoms with Crippen molar-refractivity contribution in [1.29, 1.82) is 0 Å². The minimum absolute atomic E-state index is 0. The van der Waals surface area contributed by atoms with Gasteiger partial charge in [0.1, 0.15) is 12.0 Å². The lowest BCUT2D eigenvalue weighted by molar-refractivity contribution is 0.477. The maximum atomic E-state index is 6.14. The van der Waals surface area contributed by atoms with E-state index in [4.69, 9.17) is 16.3 Å². The summed E-state index contributed by atoms with van der Waals surface area (Å²) in [6.45, 7) is 0.869. The molecule has 4 nitrogen and oxygen atoms in total. The van der Waals surface area contributed by atoms with Gasteiger partial charge in [-0.05, 0) is 25.2 Å². The Hall–Kier alpha value is -1.46. The summed E-state index contributed by atoms with van der Waals surface area (Å²) in [6.07, 6.45) is 0.0738. The largest absolute Gasteiger partial charge is 0.455 e. The minimum Gasteiger partial charge on any atom is -0.455 e. The van der Waals surface area contributed by atoms with Crippen LogP contribution in [0.25, 0.3) is 0 Å². The van der Waals surface area contributed by atoms with Crippen LogP contribution in [-0.4, -0.2) is 19.9 Å².